The number of anilines is 1. The van der Waals surface area contributed by atoms with E-state index in [2.05, 4.69) is 5.32 Å². The Hall–Kier alpha value is -2.60. The summed E-state index contributed by atoms with van der Waals surface area (Å²) in [4.78, 5) is 26.1. The van der Waals surface area contributed by atoms with Gasteiger partial charge in [0.1, 0.15) is 10.6 Å². The molecule has 1 N–H and O–H groups in total. The van der Waals surface area contributed by atoms with Crippen LogP contribution in [0, 0.1) is 34.6 Å². The zero-order valence-electron chi connectivity index (χ0n) is 16.4. The van der Waals surface area contributed by atoms with Crippen molar-refractivity contribution >= 4 is 39.2 Å². The molecule has 3 aromatic rings. The first kappa shape index (κ1) is 19.2. The molecule has 27 heavy (non-hydrogen) atoms. The molecule has 3 rings (SSSR count). The fourth-order valence-corrected chi connectivity index (χ4v) is 4.06. The molecular formula is C21H23NO4S. The summed E-state index contributed by atoms with van der Waals surface area (Å²) in [6, 6.07) is 3.97. The smallest absolute Gasteiger partial charge is 0.341 e. The molecule has 6 heteroatoms. The number of rotatable bonds is 4. The fourth-order valence-electron chi connectivity index (χ4n) is 3.02. The summed E-state index contributed by atoms with van der Waals surface area (Å²) in [6.07, 6.45) is 0. The number of ether oxygens (including phenoxy) is 1. The van der Waals surface area contributed by atoms with Crippen LogP contribution in [0.25, 0.3) is 11.0 Å². The van der Waals surface area contributed by atoms with Crippen molar-refractivity contribution in [3.63, 3.8) is 0 Å². The average molecular weight is 385 g/mol. The van der Waals surface area contributed by atoms with Crippen LogP contribution >= 0.6 is 11.3 Å². The van der Waals surface area contributed by atoms with E-state index in [1.807, 2.05) is 46.8 Å². The molecule has 0 saturated heterocycles. The third-order valence-electron chi connectivity index (χ3n) is 4.85. The highest BCUT2D eigenvalue weighted by molar-refractivity contribution is 7.16. The second-order valence-corrected chi connectivity index (χ2v) is 7.88. The molecule has 0 saturated carbocycles. The normalized spacial score (nSPS) is 11.0. The number of carbonyl (C=O) groups excluding carboxylic acids is 2. The fraction of sp³-hybridized carbons (Fsp3) is 0.333. The number of thiophene rings is 1. The Morgan fingerprint density at radius 2 is 1.74 bits per heavy atom. The van der Waals surface area contributed by atoms with E-state index in [0.29, 0.717) is 16.1 Å². The van der Waals surface area contributed by atoms with Gasteiger partial charge in [0, 0.05) is 15.8 Å². The number of aryl methyl sites for hydroxylation is 4. The highest BCUT2D eigenvalue weighted by atomic mass is 32.1. The monoisotopic (exact) mass is 385 g/mol. The quantitative estimate of drug-likeness (QED) is 0.605. The zero-order chi connectivity index (χ0) is 19.9. The highest BCUT2D eigenvalue weighted by Gasteiger charge is 2.25. The largest absolute Gasteiger partial charge is 0.462 e. The van der Waals surface area contributed by atoms with Crippen LogP contribution in [0.2, 0.25) is 0 Å². The van der Waals surface area contributed by atoms with E-state index in [-0.39, 0.29) is 18.3 Å². The molecule has 0 spiro atoms. The number of hydrogen-bond donors (Lipinski definition) is 1. The number of amides is 1. The van der Waals surface area contributed by atoms with E-state index in [9.17, 15) is 9.59 Å². The van der Waals surface area contributed by atoms with Gasteiger partial charge in [-0.25, -0.2) is 4.79 Å². The van der Waals surface area contributed by atoms with Gasteiger partial charge in [-0.1, -0.05) is 0 Å². The number of benzene rings is 1. The number of nitrogens with one attached hydrogen (secondary N) is 1. The maximum absolute atomic E-state index is 12.9. The maximum Gasteiger partial charge on any atom is 0.341 e. The molecule has 0 aliphatic heterocycles. The molecule has 0 aliphatic rings. The van der Waals surface area contributed by atoms with Crippen molar-refractivity contribution in [1.29, 1.82) is 0 Å². The molecule has 1 aromatic carbocycles. The molecular weight excluding hydrogens is 362 g/mol. The van der Waals surface area contributed by atoms with Gasteiger partial charge in [0.05, 0.1) is 12.2 Å². The molecule has 0 aliphatic carbocycles. The van der Waals surface area contributed by atoms with Crippen molar-refractivity contribution in [1.82, 2.24) is 0 Å². The lowest BCUT2D eigenvalue weighted by molar-refractivity contribution is 0.0527. The van der Waals surface area contributed by atoms with Gasteiger partial charge in [-0.3, -0.25) is 4.79 Å². The topological polar surface area (TPSA) is 68.5 Å². The number of carbonyl (C=O) groups is 2. The van der Waals surface area contributed by atoms with Gasteiger partial charge in [-0.2, -0.15) is 0 Å². The van der Waals surface area contributed by atoms with E-state index in [1.165, 1.54) is 11.3 Å². The van der Waals surface area contributed by atoms with E-state index < -0.39 is 5.97 Å². The van der Waals surface area contributed by atoms with E-state index in [1.54, 1.807) is 6.92 Å². The Balaban J connectivity index is 1.99. The summed E-state index contributed by atoms with van der Waals surface area (Å²) in [7, 11) is 0. The van der Waals surface area contributed by atoms with Crippen molar-refractivity contribution in [2.75, 3.05) is 11.9 Å². The molecule has 0 atom stereocenters. The second-order valence-electron chi connectivity index (χ2n) is 6.65. The van der Waals surface area contributed by atoms with Crippen LogP contribution < -0.4 is 5.32 Å². The van der Waals surface area contributed by atoms with Gasteiger partial charge in [-0.05, 0) is 70.4 Å². The predicted molar refractivity (Wildman–Crippen MR) is 108 cm³/mol. The van der Waals surface area contributed by atoms with Gasteiger partial charge < -0.3 is 14.5 Å². The molecule has 5 nitrogen and oxygen atoms in total. The average Bonchev–Trinajstić information content (AvgIpc) is 3.06. The summed E-state index contributed by atoms with van der Waals surface area (Å²) in [5.74, 6) is -0.540. The number of fused-ring (bicyclic) bond motifs is 1. The summed E-state index contributed by atoms with van der Waals surface area (Å²) in [6.45, 7) is 11.7. The lowest BCUT2D eigenvalue weighted by Crippen LogP contribution is -2.15. The minimum Gasteiger partial charge on any atom is -0.462 e. The summed E-state index contributed by atoms with van der Waals surface area (Å²) < 4.78 is 11.0. The van der Waals surface area contributed by atoms with Crippen LogP contribution in [0.4, 0.5) is 5.00 Å². The van der Waals surface area contributed by atoms with Crippen LogP contribution in [0.5, 0.6) is 0 Å². The number of esters is 1. The standard InChI is InChI=1S/C21H23NO4S/c1-7-25-21(24)17-12(4)14(6)27-20(17)22-19(23)18-13(5)15-8-10(2)11(3)9-16(15)26-18/h8-9H,7H2,1-6H3,(H,22,23). The molecule has 0 radical (unpaired) electrons. The van der Waals surface area contributed by atoms with E-state index in [0.717, 1.165) is 32.5 Å². The van der Waals surface area contributed by atoms with Gasteiger partial charge in [0.15, 0.2) is 5.76 Å². The molecule has 0 unspecified atom stereocenters. The number of furan rings is 1. The molecule has 1 amide bonds. The predicted octanol–water partition coefficient (Wildman–Crippen LogP) is 5.47. The van der Waals surface area contributed by atoms with Crippen molar-refractivity contribution in [3.8, 4) is 0 Å². The number of hydrogen-bond acceptors (Lipinski definition) is 5. The Bertz CT molecular complexity index is 1060. The third kappa shape index (κ3) is 3.37. The first-order valence-electron chi connectivity index (χ1n) is 8.83. The van der Waals surface area contributed by atoms with Crippen LogP contribution in [-0.2, 0) is 4.74 Å². The minimum absolute atomic E-state index is 0.258. The Morgan fingerprint density at radius 1 is 1.07 bits per heavy atom. The lowest BCUT2D eigenvalue weighted by Gasteiger charge is -2.06. The minimum atomic E-state index is -0.428. The van der Waals surface area contributed by atoms with Gasteiger partial charge in [0.25, 0.3) is 5.91 Å². The van der Waals surface area contributed by atoms with Crippen LogP contribution in [0.3, 0.4) is 0 Å². The van der Waals surface area contributed by atoms with Crippen molar-refractivity contribution in [2.45, 2.75) is 41.5 Å². The summed E-state index contributed by atoms with van der Waals surface area (Å²) >= 11 is 1.36. The third-order valence-corrected chi connectivity index (χ3v) is 5.97. The van der Waals surface area contributed by atoms with E-state index >= 15 is 0 Å². The Labute approximate surface area is 162 Å². The van der Waals surface area contributed by atoms with Gasteiger partial charge >= 0.3 is 5.97 Å². The van der Waals surface area contributed by atoms with Gasteiger partial charge in [-0.15, -0.1) is 11.3 Å². The molecule has 2 heterocycles. The lowest BCUT2D eigenvalue weighted by atomic mass is 10.0. The SMILES string of the molecule is CCOC(=O)c1c(NC(=O)c2oc3cc(C)c(C)cc3c2C)sc(C)c1C. The molecule has 0 bridgehead atoms. The van der Waals surface area contributed by atoms with Crippen LogP contribution in [0.15, 0.2) is 16.5 Å². The van der Waals surface area contributed by atoms with Gasteiger partial charge in [0.2, 0.25) is 0 Å². The Morgan fingerprint density at radius 3 is 2.41 bits per heavy atom. The zero-order valence-corrected chi connectivity index (χ0v) is 17.2. The van der Waals surface area contributed by atoms with Crippen LogP contribution in [0.1, 0.15) is 55.0 Å². The van der Waals surface area contributed by atoms with Crippen LogP contribution in [-0.4, -0.2) is 18.5 Å². The molecule has 142 valence electrons. The van der Waals surface area contributed by atoms with Crippen molar-refractivity contribution in [3.05, 3.63) is 50.6 Å². The highest BCUT2D eigenvalue weighted by Crippen LogP contribution is 2.34. The first-order chi connectivity index (χ1) is 12.7. The summed E-state index contributed by atoms with van der Waals surface area (Å²) in [5.41, 5.74) is 4.96. The van der Waals surface area contributed by atoms with Crippen molar-refractivity contribution < 1.29 is 18.7 Å². The van der Waals surface area contributed by atoms with E-state index in [4.69, 9.17) is 9.15 Å². The van der Waals surface area contributed by atoms with Crippen molar-refractivity contribution in [2.24, 2.45) is 0 Å². The molecule has 0 fully saturated rings. The first-order valence-corrected chi connectivity index (χ1v) is 9.65. The Kier molecular flexibility index (Phi) is 5.11. The maximum atomic E-state index is 12.9. The molecule has 2 aromatic heterocycles. The summed E-state index contributed by atoms with van der Waals surface area (Å²) in [5, 5.41) is 4.25. The second kappa shape index (κ2) is 7.19.